The van der Waals surface area contributed by atoms with Crippen molar-refractivity contribution in [2.24, 2.45) is 7.05 Å². The van der Waals surface area contributed by atoms with Crippen molar-refractivity contribution in [2.75, 3.05) is 12.4 Å². The summed E-state index contributed by atoms with van der Waals surface area (Å²) in [5.74, 6) is 0.649. The molecular weight excluding hydrogens is 266 g/mol. The van der Waals surface area contributed by atoms with E-state index in [-0.39, 0.29) is 0 Å². The Morgan fingerprint density at radius 1 is 1.39 bits per heavy atom. The number of thiophene rings is 1. The van der Waals surface area contributed by atoms with Crippen LogP contribution in [0.1, 0.15) is 0 Å². The Morgan fingerprint density at radius 2 is 2.28 bits per heavy atom. The molecule has 0 bridgehead atoms. The molecule has 0 amide bonds. The molecule has 0 radical (unpaired) electrons. The second-order valence-electron chi connectivity index (χ2n) is 3.69. The van der Waals surface area contributed by atoms with Gasteiger partial charge in [-0.15, -0.1) is 11.3 Å². The SMILES string of the molecule is CNc1nc(Sc2cnn(C)c2)c2ccsc2n1. The summed E-state index contributed by atoms with van der Waals surface area (Å²) >= 11 is 3.23. The van der Waals surface area contributed by atoms with Gasteiger partial charge in [0.2, 0.25) is 5.95 Å². The summed E-state index contributed by atoms with van der Waals surface area (Å²) in [5.41, 5.74) is 0. The van der Waals surface area contributed by atoms with E-state index < -0.39 is 0 Å². The van der Waals surface area contributed by atoms with Gasteiger partial charge in [-0.2, -0.15) is 5.10 Å². The molecule has 0 atom stereocenters. The standard InChI is InChI=1S/C11H11N5S2/c1-12-11-14-9-8(3-4-17-9)10(15-11)18-7-5-13-16(2)6-7/h3-6H,1-2H3,(H,12,14,15). The molecule has 0 aromatic carbocycles. The minimum Gasteiger partial charge on any atom is -0.357 e. The lowest BCUT2D eigenvalue weighted by Gasteiger charge is -2.03. The molecule has 0 saturated carbocycles. The zero-order valence-electron chi connectivity index (χ0n) is 9.91. The Hall–Kier alpha value is -1.60. The van der Waals surface area contributed by atoms with Crippen molar-refractivity contribution in [2.45, 2.75) is 9.92 Å². The Kier molecular flexibility index (Phi) is 2.92. The van der Waals surface area contributed by atoms with Crippen LogP contribution in [0, 0.1) is 0 Å². The van der Waals surface area contributed by atoms with Crippen molar-refractivity contribution in [3.8, 4) is 0 Å². The maximum absolute atomic E-state index is 4.51. The van der Waals surface area contributed by atoms with Gasteiger partial charge in [-0.3, -0.25) is 4.68 Å². The quantitative estimate of drug-likeness (QED) is 0.746. The fourth-order valence-electron chi connectivity index (χ4n) is 1.58. The summed E-state index contributed by atoms with van der Waals surface area (Å²) < 4.78 is 1.79. The van der Waals surface area contributed by atoms with Crippen molar-refractivity contribution in [1.29, 1.82) is 0 Å². The zero-order chi connectivity index (χ0) is 12.5. The van der Waals surface area contributed by atoms with Gasteiger partial charge in [-0.05, 0) is 11.4 Å². The van der Waals surface area contributed by atoms with Crippen molar-refractivity contribution >= 4 is 39.3 Å². The van der Waals surface area contributed by atoms with E-state index in [1.54, 1.807) is 27.8 Å². The summed E-state index contributed by atoms with van der Waals surface area (Å²) in [7, 11) is 3.73. The molecule has 92 valence electrons. The average molecular weight is 277 g/mol. The number of hydrogen-bond acceptors (Lipinski definition) is 6. The minimum absolute atomic E-state index is 0.649. The Morgan fingerprint density at radius 3 is 3.00 bits per heavy atom. The summed E-state index contributed by atoms with van der Waals surface area (Å²) in [6.45, 7) is 0. The maximum atomic E-state index is 4.51. The number of aromatic nitrogens is 4. The zero-order valence-corrected chi connectivity index (χ0v) is 11.5. The van der Waals surface area contributed by atoms with E-state index in [4.69, 9.17) is 0 Å². The summed E-state index contributed by atoms with van der Waals surface area (Å²) in [4.78, 5) is 11.0. The highest BCUT2D eigenvalue weighted by Gasteiger charge is 2.10. The Labute approximate surface area is 112 Å². The average Bonchev–Trinajstić information content (AvgIpc) is 2.98. The highest BCUT2D eigenvalue weighted by atomic mass is 32.2. The van der Waals surface area contributed by atoms with Gasteiger partial charge in [0, 0.05) is 25.7 Å². The van der Waals surface area contributed by atoms with Crippen LogP contribution in [0.5, 0.6) is 0 Å². The van der Waals surface area contributed by atoms with Crippen molar-refractivity contribution in [1.82, 2.24) is 19.7 Å². The molecule has 18 heavy (non-hydrogen) atoms. The van der Waals surface area contributed by atoms with Crippen LogP contribution in [-0.4, -0.2) is 26.8 Å². The molecule has 7 heteroatoms. The normalized spacial score (nSPS) is 11.0. The number of hydrogen-bond donors (Lipinski definition) is 1. The number of rotatable bonds is 3. The first-order valence-corrected chi connectivity index (χ1v) is 7.05. The highest BCUT2D eigenvalue weighted by molar-refractivity contribution is 7.99. The molecule has 0 aliphatic heterocycles. The van der Waals surface area contributed by atoms with Crippen molar-refractivity contribution in [3.05, 3.63) is 23.8 Å². The first kappa shape index (κ1) is 11.5. The molecule has 3 heterocycles. The second-order valence-corrected chi connectivity index (χ2v) is 5.65. The van der Waals surface area contributed by atoms with Crippen LogP contribution in [0.15, 0.2) is 33.8 Å². The van der Waals surface area contributed by atoms with E-state index >= 15 is 0 Å². The molecule has 5 nitrogen and oxygen atoms in total. The number of nitrogens with one attached hydrogen (secondary N) is 1. The summed E-state index contributed by atoms with van der Waals surface area (Å²) in [6.07, 6.45) is 3.81. The predicted molar refractivity (Wildman–Crippen MR) is 74.3 cm³/mol. The lowest BCUT2D eigenvalue weighted by molar-refractivity contribution is 0.766. The predicted octanol–water partition coefficient (Wildman–Crippen LogP) is 2.62. The van der Waals surface area contributed by atoms with Crippen LogP contribution in [0.4, 0.5) is 5.95 Å². The van der Waals surface area contributed by atoms with E-state index in [0.29, 0.717) is 5.95 Å². The molecule has 1 N–H and O–H groups in total. The Balaban J connectivity index is 2.06. The van der Waals surface area contributed by atoms with Crippen molar-refractivity contribution in [3.63, 3.8) is 0 Å². The third-order valence-corrected chi connectivity index (χ3v) is 4.17. The molecular formula is C11H11N5S2. The van der Waals surface area contributed by atoms with Crippen LogP contribution >= 0.6 is 23.1 Å². The van der Waals surface area contributed by atoms with Gasteiger partial charge >= 0.3 is 0 Å². The fraction of sp³-hybridized carbons (Fsp3) is 0.182. The molecule has 0 aliphatic carbocycles. The van der Waals surface area contributed by atoms with E-state index in [2.05, 4.69) is 26.4 Å². The van der Waals surface area contributed by atoms with Gasteiger partial charge in [0.05, 0.1) is 11.1 Å². The number of fused-ring (bicyclic) bond motifs is 1. The van der Waals surface area contributed by atoms with E-state index in [9.17, 15) is 0 Å². The van der Waals surface area contributed by atoms with Gasteiger partial charge in [-0.25, -0.2) is 9.97 Å². The monoisotopic (exact) mass is 277 g/mol. The van der Waals surface area contributed by atoms with E-state index in [1.807, 2.05) is 31.9 Å². The van der Waals surface area contributed by atoms with E-state index in [1.165, 1.54) is 0 Å². The number of aryl methyl sites for hydroxylation is 1. The van der Waals surface area contributed by atoms with Crippen LogP contribution in [-0.2, 0) is 7.05 Å². The highest BCUT2D eigenvalue weighted by Crippen LogP contribution is 2.33. The molecule has 3 rings (SSSR count). The first-order chi connectivity index (χ1) is 8.76. The topological polar surface area (TPSA) is 55.6 Å². The number of anilines is 1. The van der Waals surface area contributed by atoms with Crippen LogP contribution < -0.4 is 5.32 Å². The van der Waals surface area contributed by atoms with Gasteiger partial charge in [0.1, 0.15) is 9.86 Å². The Bertz CT molecular complexity index is 688. The molecule has 0 saturated heterocycles. The molecule has 3 aromatic rings. The third kappa shape index (κ3) is 2.06. The molecule has 0 unspecified atom stereocenters. The largest absolute Gasteiger partial charge is 0.357 e. The van der Waals surface area contributed by atoms with Gasteiger partial charge in [0.25, 0.3) is 0 Å². The molecule has 0 aliphatic rings. The van der Waals surface area contributed by atoms with Gasteiger partial charge in [0.15, 0.2) is 0 Å². The molecule has 3 aromatic heterocycles. The third-order valence-electron chi connectivity index (χ3n) is 2.41. The summed E-state index contributed by atoms with van der Waals surface area (Å²) in [6, 6.07) is 2.05. The molecule has 0 spiro atoms. The fourth-order valence-corrected chi connectivity index (χ4v) is 3.34. The van der Waals surface area contributed by atoms with Crippen LogP contribution in [0.3, 0.4) is 0 Å². The van der Waals surface area contributed by atoms with Gasteiger partial charge in [-0.1, -0.05) is 11.8 Å². The van der Waals surface area contributed by atoms with Gasteiger partial charge < -0.3 is 5.32 Å². The number of nitrogens with zero attached hydrogens (tertiary/aromatic N) is 4. The van der Waals surface area contributed by atoms with E-state index in [0.717, 1.165) is 20.1 Å². The lowest BCUT2D eigenvalue weighted by Crippen LogP contribution is -1.96. The minimum atomic E-state index is 0.649. The van der Waals surface area contributed by atoms with Crippen LogP contribution in [0.25, 0.3) is 10.2 Å². The maximum Gasteiger partial charge on any atom is 0.224 e. The first-order valence-electron chi connectivity index (χ1n) is 5.36. The lowest BCUT2D eigenvalue weighted by atomic mass is 10.4. The second kappa shape index (κ2) is 4.58. The van der Waals surface area contributed by atoms with Crippen LogP contribution in [0.2, 0.25) is 0 Å². The summed E-state index contributed by atoms with van der Waals surface area (Å²) in [5, 5.41) is 11.2. The molecule has 0 fully saturated rings. The van der Waals surface area contributed by atoms with Crippen molar-refractivity contribution < 1.29 is 0 Å². The smallest absolute Gasteiger partial charge is 0.224 e.